The van der Waals surface area contributed by atoms with Crippen LogP contribution in [0, 0.1) is 17.1 Å². The number of carbonyl (C=O) groups is 2. The van der Waals surface area contributed by atoms with Crippen LogP contribution in [-0.4, -0.2) is 63.8 Å². The Bertz CT molecular complexity index is 2150. The molecule has 270 valence electrons. The molecule has 14 heteroatoms. The molecule has 0 radical (unpaired) electrons. The zero-order valence-electron chi connectivity index (χ0n) is 30.0. The summed E-state index contributed by atoms with van der Waals surface area (Å²) >= 11 is 0. The molecular formula is C38H41FN8O5. The summed E-state index contributed by atoms with van der Waals surface area (Å²) in [4.78, 5) is 32.2. The molecule has 0 unspecified atom stereocenters. The SMILES string of the molecule is COc1ccc(Cn2nc(N3CC[C@@H](NC(=O)OC(C)(C)C)C3)c3c(-c4ccc(CNC(=O)c5cc(C(C)(C)C#N)on5)c(F)c4)ccnc32)cc1. The number of ether oxygens (including phenoxy) is 2. The van der Waals surface area contributed by atoms with E-state index in [0.29, 0.717) is 43.1 Å². The summed E-state index contributed by atoms with van der Waals surface area (Å²) in [5.74, 6) is 0.608. The van der Waals surface area contributed by atoms with Gasteiger partial charge in [-0.1, -0.05) is 29.4 Å². The maximum Gasteiger partial charge on any atom is 0.407 e. The van der Waals surface area contributed by atoms with Crippen LogP contribution in [0.25, 0.3) is 22.2 Å². The number of fused-ring (bicyclic) bond motifs is 1. The molecule has 13 nitrogen and oxygen atoms in total. The van der Waals surface area contributed by atoms with Crippen LogP contribution in [0.1, 0.15) is 68.4 Å². The van der Waals surface area contributed by atoms with Crippen LogP contribution in [0.5, 0.6) is 5.75 Å². The Morgan fingerprint density at radius 3 is 2.56 bits per heavy atom. The van der Waals surface area contributed by atoms with Crippen LogP contribution in [0.2, 0.25) is 0 Å². The molecule has 1 fully saturated rings. The molecule has 5 aromatic rings. The van der Waals surface area contributed by atoms with Gasteiger partial charge in [-0.2, -0.15) is 10.4 Å². The molecule has 2 amide bonds. The summed E-state index contributed by atoms with van der Waals surface area (Å²) in [6.07, 6.45) is 1.88. The first-order valence-corrected chi connectivity index (χ1v) is 16.9. The van der Waals surface area contributed by atoms with Crippen molar-refractivity contribution in [3.63, 3.8) is 0 Å². The molecule has 3 aromatic heterocycles. The summed E-state index contributed by atoms with van der Waals surface area (Å²) < 4.78 is 33.5. The predicted molar refractivity (Wildman–Crippen MR) is 191 cm³/mol. The number of rotatable bonds is 10. The molecular weight excluding hydrogens is 667 g/mol. The van der Waals surface area contributed by atoms with Crippen LogP contribution in [0.4, 0.5) is 15.0 Å². The molecule has 0 bridgehead atoms. The van der Waals surface area contributed by atoms with Crippen molar-refractivity contribution < 1.29 is 28.0 Å². The van der Waals surface area contributed by atoms with E-state index >= 15 is 4.39 Å². The Kier molecular flexibility index (Phi) is 9.88. The second-order valence-corrected chi connectivity index (χ2v) is 14.3. The van der Waals surface area contributed by atoms with E-state index in [1.807, 2.05) is 55.8 Å². The van der Waals surface area contributed by atoms with E-state index in [9.17, 15) is 14.9 Å². The minimum Gasteiger partial charge on any atom is -0.497 e. The van der Waals surface area contributed by atoms with Gasteiger partial charge in [-0.05, 0) is 82.0 Å². The van der Waals surface area contributed by atoms with Crippen molar-refractivity contribution in [2.24, 2.45) is 0 Å². The molecule has 2 aromatic carbocycles. The Labute approximate surface area is 300 Å². The highest BCUT2D eigenvalue weighted by Gasteiger charge is 2.31. The number of carbonyl (C=O) groups excluding carboxylic acids is 2. The number of halogens is 1. The van der Waals surface area contributed by atoms with Crippen LogP contribution < -0.4 is 20.3 Å². The van der Waals surface area contributed by atoms with Gasteiger partial charge in [-0.25, -0.2) is 18.9 Å². The summed E-state index contributed by atoms with van der Waals surface area (Å²) in [5.41, 5.74) is 1.65. The second-order valence-electron chi connectivity index (χ2n) is 14.3. The van der Waals surface area contributed by atoms with Gasteiger partial charge in [0.2, 0.25) is 0 Å². The quantitative estimate of drug-likeness (QED) is 0.173. The highest BCUT2D eigenvalue weighted by molar-refractivity contribution is 6.01. The van der Waals surface area contributed by atoms with E-state index in [1.165, 1.54) is 12.1 Å². The fraction of sp³-hybridized carbons (Fsp3) is 0.368. The molecule has 6 rings (SSSR count). The summed E-state index contributed by atoms with van der Waals surface area (Å²) in [7, 11) is 1.62. The van der Waals surface area contributed by atoms with Crippen molar-refractivity contribution in [2.45, 2.75) is 71.2 Å². The van der Waals surface area contributed by atoms with E-state index in [2.05, 4.69) is 26.8 Å². The van der Waals surface area contributed by atoms with Gasteiger partial charge in [0.1, 0.15) is 22.6 Å². The Morgan fingerprint density at radius 2 is 1.87 bits per heavy atom. The first kappa shape index (κ1) is 35.8. The van der Waals surface area contributed by atoms with Crippen molar-refractivity contribution in [3.05, 3.63) is 89.2 Å². The number of alkyl carbamates (subject to hydrolysis) is 1. The van der Waals surface area contributed by atoms with Crippen molar-refractivity contribution >= 4 is 28.9 Å². The lowest BCUT2D eigenvalue weighted by Crippen LogP contribution is -2.40. The number of nitrogens with one attached hydrogen (secondary N) is 2. The van der Waals surface area contributed by atoms with Gasteiger partial charge in [0.15, 0.2) is 22.9 Å². The number of methoxy groups -OCH3 is 1. The lowest BCUT2D eigenvalue weighted by molar-refractivity contribution is 0.0508. The van der Waals surface area contributed by atoms with Crippen molar-refractivity contribution in [3.8, 4) is 22.9 Å². The fourth-order valence-corrected chi connectivity index (χ4v) is 5.96. The number of pyridine rings is 1. The molecule has 52 heavy (non-hydrogen) atoms. The van der Waals surface area contributed by atoms with E-state index in [4.69, 9.17) is 24.1 Å². The molecule has 1 aliphatic rings. The molecule has 4 heterocycles. The second kappa shape index (κ2) is 14.3. The smallest absolute Gasteiger partial charge is 0.407 e. The van der Waals surface area contributed by atoms with Gasteiger partial charge in [-0.3, -0.25) is 4.79 Å². The van der Waals surface area contributed by atoms with Gasteiger partial charge in [-0.15, -0.1) is 0 Å². The first-order valence-electron chi connectivity index (χ1n) is 16.9. The number of hydrogen-bond acceptors (Lipinski definition) is 10. The van der Waals surface area contributed by atoms with Gasteiger partial charge in [0, 0.05) is 37.5 Å². The van der Waals surface area contributed by atoms with E-state index in [-0.39, 0.29) is 29.6 Å². The van der Waals surface area contributed by atoms with Crippen LogP contribution >= 0.6 is 0 Å². The molecule has 1 saturated heterocycles. The average molecular weight is 709 g/mol. The van der Waals surface area contributed by atoms with E-state index < -0.39 is 28.8 Å². The molecule has 0 aliphatic carbocycles. The zero-order chi connectivity index (χ0) is 37.2. The van der Waals surface area contributed by atoms with Crippen LogP contribution in [0.3, 0.4) is 0 Å². The molecule has 1 aliphatic heterocycles. The summed E-state index contributed by atoms with van der Waals surface area (Å²) in [6, 6.07) is 17.8. The first-order chi connectivity index (χ1) is 24.7. The lowest BCUT2D eigenvalue weighted by Gasteiger charge is -2.22. The van der Waals surface area contributed by atoms with Crippen molar-refractivity contribution in [1.82, 2.24) is 30.6 Å². The number of nitrogens with zero attached hydrogens (tertiary/aromatic N) is 6. The van der Waals surface area contributed by atoms with Gasteiger partial charge >= 0.3 is 6.09 Å². The number of amides is 2. The predicted octanol–water partition coefficient (Wildman–Crippen LogP) is 6.12. The summed E-state index contributed by atoms with van der Waals surface area (Å²) in [6.45, 7) is 10.2. The number of aromatic nitrogens is 4. The number of nitriles is 1. The van der Waals surface area contributed by atoms with Crippen LogP contribution in [0.15, 0.2) is 65.3 Å². The minimum atomic E-state index is -0.953. The topological polar surface area (TPSA) is 160 Å². The molecule has 2 N–H and O–H groups in total. The van der Waals surface area contributed by atoms with Crippen LogP contribution in [-0.2, 0) is 23.2 Å². The third-order valence-corrected chi connectivity index (χ3v) is 8.76. The number of hydrogen-bond donors (Lipinski definition) is 2. The zero-order valence-corrected chi connectivity index (χ0v) is 30.0. The Hall–Kier alpha value is -5.97. The standard InChI is InChI=1S/C38H41FN8O5/c1-37(2,3)51-36(49)43-26-14-16-46(21-26)34-32-28(13-15-41-33(32)47(44-34)20-23-7-11-27(50-6)12-8-23)24-9-10-25(29(39)17-24)19-42-35(48)30-18-31(52-45-30)38(4,5)22-40/h7-13,15,17-18,26H,14,16,19-21H2,1-6H3,(H,42,48)(H,43,49)/t26-/m1/s1. The van der Waals surface area contributed by atoms with Gasteiger partial charge < -0.3 is 29.5 Å². The summed E-state index contributed by atoms with van der Waals surface area (Å²) in [5, 5.41) is 24.6. The Morgan fingerprint density at radius 1 is 1.10 bits per heavy atom. The third-order valence-electron chi connectivity index (χ3n) is 8.76. The number of anilines is 1. The minimum absolute atomic E-state index is 0.000779. The number of benzene rings is 2. The Balaban J connectivity index is 1.28. The maximum absolute atomic E-state index is 15.7. The normalized spacial score (nSPS) is 14.7. The van der Waals surface area contributed by atoms with E-state index in [0.717, 1.165) is 22.3 Å². The van der Waals surface area contributed by atoms with Gasteiger partial charge in [0.25, 0.3) is 5.91 Å². The highest BCUT2D eigenvalue weighted by Crippen LogP contribution is 2.37. The third kappa shape index (κ3) is 7.83. The van der Waals surface area contributed by atoms with E-state index in [1.54, 1.807) is 39.3 Å². The monoisotopic (exact) mass is 708 g/mol. The van der Waals surface area contributed by atoms with Gasteiger partial charge in [0.05, 0.1) is 31.2 Å². The lowest BCUT2D eigenvalue weighted by atomic mass is 9.92. The largest absolute Gasteiger partial charge is 0.497 e. The average Bonchev–Trinajstić information content (AvgIpc) is 3.87. The highest BCUT2D eigenvalue weighted by atomic mass is 19.1. The maximum atomic E-state index is 15.7. The van der Waals surface area contributed by atoms with Crippen molar-refractivity contribution in [1.29, 1.82) is 5.26 Å². The fourth-order valence-electron chi connectivity index (χ4n) is 5.96. The molecule has 0 spiro atoms. The molecule has 1 atom stereocenters. The van der Waals surface area contributed by atoms with Crippen molar-refractivity contribution in [2.75, 3.05) is 25.1 Å². The molecule has 0 saturated carbocycles.